The van der Waals surface area contributed by atoms with Gasteiger partial charge in [-0.3, -0.25) is 4.79 Å². The van der Waals surface area contributed by atoms with Crippen LogP contribution in [0.1, 0.15) is 21.5 Å². The molecule has 0 radical (unpaired) electrons. The Morgan fingerprint density at radius 3 is 2.35 bits per heavy atom. The van der Waals surface area contributed by atoms with Gasteiger partial charge < -0.3 is 14.0 Å². The lowest BCUT2D eigenvalue weighted by atomic mass is 10.2. The molecule has 1 amide bonds. The van der Waals surface area contributed by atoms with Gasteiger partial charge in [-0.05, 0) is 23.8 Å². The van der Waals surface area contributed by atoms with Crippen molar-refractivity contribution in [3.63, 3.8) is 0 Å². The summed E-state index contributed by atoms with van der Waals surface area (Å²) in [7, 11) is 3.08. The summed E-state index contributed by atoms with van der Waals surface area (Å²) in [5, 5.41) is 5.25. The molecule has 0 aliphatic carbocycles. The number of fused-ring (bicyclic) bond motifs is 1. The van der Waals surface area contributed by atoms with E-state index in [1.807, 2.05) is 42.6 Å². The molecule has 1 aromatic heterocycles. The van der Waals surface area contributed by atoms with Crippen LogP contribution in [-0.2, 0) is 6.54 Å². The highest BCUT2D eigenvalue weighted by Crippen LogP contribution is 2.23. The van der Waals surface area contributed by atoms with Gasteiger partial charge in [0.1, 0.15) is 11.5 Å². The van der Waals surface area contributed by atoms with E-state index in [1.165, 1.54) is 5.56 Å². The van der Waals surface area contributed by atoms with Crippen molar-refractivity contribution in [3.05, 3.63) is 95.7 Å². The average Bonchev–Trinajstić information content (AvgIpc) is 3.16. The number of methoxy groups -OCH3 is 2. The first-order chi connectivity index (χ1) is 15.2. The predicted octanol–water partition coefficient (Wildman–Crippen LogP) is 4.47. The third kappa shape index (κ3) is 4.59. The van der Waals surface area contributed by atoms with E-state index in [9.17, 15) is 4.79 Å². The van der Waals surface area contributed by atoms with Crippen molar-refractivity contribution in [3.8, 4) is 11.5 Å². The molecule has 0 saturated carbocycles. The highest BCUT2D eigenvalue weighted by molar-refractivity contribution is 6.00. The van der Waals surface area contributed by atoms with Gasteiger partial charge in [-0.15, -0.1) is 0 Å². The topological polar surface area (TPSA) is 64.8 Å². The molecule has 0 spiro atoms. The second kappa shape index (κ2) is 9.17. The fraction of sp³-hybridized carbons (Fsp3) is 0.120. The summed E-state index contributed by atoms with van der Waals surface area (Å²) in [5.74, 6) is 0.733. The molecule has 4 rings (SSSR count). The SMILES string of the molecule is COc1cc(OC)cc(C(=O)NN=Cc2cn(Cc3ccccc3)c3ccccc23)c1. The number of carbonyl (C=O) groups is 1. The number of rotatable bonds is 7. The number of hydrazone groups is 1. The summed E-state index contributed by atoms with van der Waals surface area (Å²) in [6, 6.07) is 23.4. The van der Waals surface area contributed by atoms with E-state index in [4.69, 9.17) is 9.47 Å². The number of benzene rings is 3. The number of nitrogens with zero attached hydrogens (tertiary/aromatic N) is 2. The largest absolute Gasteiger partial charge is 0.497 e. The number of amides is 1. The van der Waals surface area contributed by atoms with Crippen LogP contribution in [0, 0.1) is 0 Å². The molecule has 1 N–H and O–H groups in total. The fourth-order valence-corrected chi connectivity index (χ4v) is 3.45. The lowest BCUT2D eigenvalue weighted by Gasteiger charge is -2.07. The lowest BCUT2D eigenvalue weighted by Crippen LogP contribution is -2.17. The summed E-state index contributed by atoms with van der Waals surface area (Å²) in [5.41, 5.74) is 6.24. The van der Waals surface area contributed by atoms with Crippen LogP contribution in [0.2, 0.25) is 0 Å². The van der Waals surface area contributed by atoms with Crippen LogP contribution in [0.25, 0.3) is 10.9 Å². The first kappa shape index (κ1) is 20.2. The zero-order valence-electron chi connectivity index (χ0n) is 17.4. The van der Waals surface area contributed by atoms with Crippen molar-refractivity contribution >= 4 is 23.0 Å². The quantitative estimate of drug-likeness (QED) is 0.359. The Morgan fingerprint density at radius 2 is 1.65 bits per heavy atom. The first-order valence-corrected chi connectivity index (χ1v) is 9.86. The standard InChI is InChI=1S/C25H23N3O3/c1-30-21-12-19(13-22(14-21)31-2)25(29)27-26-15-20-17-28(16-18-8-4-3-5-9-18)24-11-7-6-10-23(20)24/h3-15,17H,16H2,1-2H3,(H,27,29). The normalized spacial score (nSPS) is 11.0. The Hall–Kier alpha value is -4.06. The van der Waals surface area contributed by atoms with Gasteiger partial charge in [0.25, 0.3) is 5.91 Å². The summed E-state index contributed by atoms with van der Waals surface area (Å²) >= 11 is 0. The van der Waals surface area contributed by atoms with Crippen molar-refractivity contribution < 1.29 is 14.3 Å². The highest BCUT2D eigenvalue weighted by atomic mass is 16.5. The molecule has 0 bridgehead atoms. The van der Waals surface area contributed by atoms with E-state index in [1.54, 1.807) is 38.6 Å². The zero-order valence-corrected chi connectivity index (χ0v) is 17.4. The molecule has 6 nitrogen and oxygen atoms in total. The van der Waals surface area contributed by atoms with E-state index in [2.05, 4.69) is 33.3 Å². The number of aromatic nitrogens is 1. The summed E-state index contributed by atoms with van der Waals surface area (Å²) in [6.45, 7) is 0.755. The predicted molar refractivity (Wildman–Crippen MR) is 122 cm³/mol. The number of nitrogens with one attached hydrogen (secondary N) is 1. The number of hydrogen-bond acceptors (Lipinski definition) is 4. The van der Waals surface area contributed by atoms with Crippen LogP contribution in [0.4, 0.5) is 0 Å². The molecule has 0 unspecified atom stereocenters. The van der Waals surface area contributed by atoms with E-state index >= 15 is 0 Å². The molecule has 3 aromatic carbocycles. The van der Waals surface area contributed by atoms with E-state index in [0.29, 0.717) is 17.1 Å². The molecule has 4 aromatic rings. The minimum absolute atomic E-state index is 0.346. The third-order valence-electron chi connectivity index (χ3n) is 5.00. The minimum atomic E-state index is -0.346. The second-order valence-corrected chi connectivity index (χ2v) is 7.02. The lowest BCUT2D eigenvalue weighted by molar-refractivity contribution is 0.0954. The van der Waals surface area contributed by atoms with Gasteiger partial charge >= 0.3 is 0 Å². The van der Waals surface area contributed by atoms with Crippen molar-refractivity contribution in [2.45, 2.75) is 6.54 Å². The number of hydrogen-bond donors (Lipinski definition) is 1. The molecule has 31 heavy (non-hydrogen) atoms. The van der Waals surface area contributed by atoms with Gasteiger partial charge in [-0.2, -0.15) is 5.10 Å². The van der Waals surface area contributed by atoms with E-state index in [-0.39, 0.29) is 5.91 Å². The fourth-order valence-electron chi connectivity index (χ4n) is 3.45. The van der Waals surface area contributed by atoms with Gasteiger partial charge in [-0.1, -0.05) is 48.5 Å². The highest BCUT2D eigenvalue weighted by Gasteiger charge is 2.10. The van der Waals surface area contributed by atoms with Crippen LogP contribution < -0.4 is 14.9 Å². The van der Waals surface area contributed by atoms with Crippen molar-refractivity contribution in [2.75, 3.05) is 14.2 Å². The second-order valence-electron chi connectivity index (χ2n) is 7.02. The Balaban J connectivity index is 1.55. The molecular formula is C25H23N3O3. The molecule has 0 saturated heterocycles. The zero-order chi connectivity index (χ0) is 21.6. The Kier molecular flexibility index (Phi) is 5.98. The van der Waals surface area contributed by atoms with Gasteiger partial charge in [0.15, 0.2) is 0 Å². The van der Waals surface area contributed by atoms with Crippen LogP contribution in [0.5, 0.6) is 11.5 Å². The van der Waals surface area contributed by atoms with Crippen molar-refractivity contribution in [1.29, 1.82) is 0 Å². The van der Waals surface area contributed by atoms with E-state index in [0.717, 1.165) is 23.0 Å². The number of ether oxygens (including phenoxy) is 2. The summed E-state index contributed by atoms with van der Waals surface area (Å²) in [4.78, 5) is 12.5. The van der Waals surface area contributed by atoms with Crippen LogP contribution in [0.3, 0.4) is 0 Å². The molecule has 0 fully saturated rings. The van der Waals surface area contributed by atoms with Crippen molar-refractivity contribution in [2.24, 2.45) is 5.10 Å². The summed E-state index contributed by atoms with van der Waals surface area (Å²) in [6.07, 6.45) is 3.71. The molecule has 1 heterocycles. The minimum Gasteiger partial charge on any atom is -0.497 e. The monoisotopic (exact) mass is 413 g/mol. The van der Waals surface area contributed by atoms with Crippen LogP contribution >= 0.6 is 0 Å². The third-order valence-corrected chi connectivity index (χ3v) is 5.00. The molecule has 0 aliphatic heterocycles. The molecule has 0 aliphatic rings. The van der Waals surface area contributed by atoms with Gasteiger partial charge in [0.2, 0.25) is 0 Å². The van der Waals surface area contributed by atoms with Crippen LogP contribution in [-0.4, -0.2) is 30.9 Å². The Bertz CT molecular complexity index is 1210. The number of para-hydroxylation sites is 1. The smallest absolute Gasteiger partial charge is 0.271 e. The molecular weight excluding hydrogens is 390 g/mol. The maximum absolute atomic E-state index is 12.5. The Labute approximate surface area is 180 Å². The van der Waals surface area contributed by atoms with Crippen molar-refractivity contribution in [1.82, 2.24) is 9.99 Å². The van der Waals surface area contributed by atoms with Crippen LogP contribution in [0.15, 0.2) is 84.1 Å². The van der Waals surface area contributed by atoms with E-state index < -0.39 is 0 Å². The van der Waals surface area contributed by atoms with Gasteiger partial charge in [0, 0.05) is 40.8 Å². The average molecular weight is 413 g/mol. The maximum atomic E-state index is 12.5. The number of carbonyl (C=O) groups excluding carboxylic acids is 1. The van der Waals surface area contributed by atoms with Gasteiger partial charge in [0.05, 0.1) is 20.4 Å². The molecule has 6 heteroatoms. The summed E-state index contributed by atoms with van der Waals surface area (Å²) < 4.78 is 12.6. The maximum Gasteiger partial charge on any atom is 0.271 e. The first-order valence-electron chi connectivity index (χ1n) is 9.86. The molecule has 156 valence electrons. The Morgan fingerprint density at radius 1 is 0.968 bits per heavy atom. The van der Waals surface area contributed by atoms with Gasteiger partial charge in [-0.25, -0.2) is 5.43 Å². The molecule has 0 atom stereocenters.